The lowest BCUT2D eigenvalue weighted by Crippen LogP contribution is -2.47. The lowest BCUT2D eigenvalue weighted by molar-refractivity contribution is -0.183. The average molecular weight is 185 g/mol. The minimum Gasteiger partial charge on any atom is -0.394 e. The van der Waals surface area contributed by atoms with E-state index in [1.807, 2.05) is 0 Å². The van der Waals surface area contributed by atoms with Crippen molar-refractivity contribution in [1.29, 1.82) is 0 Å². The van der Waals surface area contributed by atoms with Crippen molar-refractivity contribution in [3.63, 3.8) is 0 Å². The number of ether oxygens (including phenoxy) is 1. The van der Waals surface area contributed by atoms with Crippen LogP contribution in [0, 0.1) is 0 Å². The second-order valence-electron chi connectivity index (χ2n) is 1.80. The summed E-state index contributed by atoms with van der Waals surface area (Å²) < 4.78 is 39.0. The van der Waals surface area contributed by atoms with E-state index in [1.165, 1.54) is 0 Å². The van der Waals surface area contributed by atoms with Gasteiger partial charge in [-0.05, 0) is 7.05 Å². The van der Waals surface area contributed by atoms with Crippen molar-refractivity contribution in [1.82, 2.24) is 5.32 Å². The summed E-state index contributed by atoms with van der Waals surface area (Å²) in [5, 5.41) is 1.67. The van der Waals surface area contributed by atoms with Crippen molar-refractivity contribution in [2.24, 2.45) is 0 Å². The van der Waals surface area contributed by atoms with Crippen LogP contribution in [0.25, 0.3) is 0 Å². The van der Waals surface area contributed by atoms with Crippen LogP contribution in [-0.4, -0.2) is 31.7 Å². The lowest BCUT2D eigenvalue weighted by Gasteiger charge is -2.15. The van der Waals surface area contributed by atoms with Crippen LogP contribution < -0.4 is 5.32 Å². The number of carbonyl (C=O) groups excluding carboxylic acids is 2. The highest BCUT2D eigenvalue weighted by atomic mass is 19.4. The van der Waals surface area contributed by atoms with Gasteiger partial charge in [0.15, 0.2) is 0 Å². The standard InChI is InChI=1S/C5H6F3NO3/c1-9-3(5(6,7)8)4(11)12-2-10/h2-3,9H,1H3. The maximum absolute atomic E-state index is 11.8. The number of halogens is 3. The van der Waals surface area contributed by atoms with Gasteiger partial charge in [0.2, 0.25) is 6.04 Å². The zero-order valence-corrected chi connectivity index (χ0v) is 6.01. The van der Waals surface area contributed by atoms with Gasteiger partial charge in [-0.3, -0.25) is 10.1 Å². The van der Waals surface area contributed by atoms with Gasteiger partial charge in [0, 0.05) is 0 Å². The highest BCUT2D eigenvalue weighted by Crippen LogP contribution is 2.20. The van der Waals surface area contributed by atoms with E-state index in [-0.39, 0.29) is 6.47 Å². The van der Waals surface area contributed by atoms with E-state index in [1.54, 1.807) is 5.32 Å². The zero-order chi connectivity index (χ0) is 9.78. The first kappa shape index (κ1) is 10.9. The number of hydrogen-bond donors (Lipinski definition) is 1. The average Bonchev–Trinajstić information content (AvgIpc) is 1.85. The first-order chi connectivity index (χ1) is 5.43. The molecular weight excluding hydrogens is 179 g/mol. The van der Waals surface area contributed by atoms with Crippen molar-refractivity contribution in [3.05, 3.63) is 0 Å². The Hall–Kier alpha value is -1.11. The largest absolute Gasteiger partial charge is 0.414 e. The van der Waals surface area contributed by atoms with Crippen molar-refractivity contribution in [2.45, 2.75) is 12.2 Å². The summed E-state index contributed by atoms with van der Waals surface area (Å²) >= 11 is 0. The molecule has 0 aliphatic heterocycles. The predicted molar refractivity (Wildman–Crippen MR) is 31.1 cm³/mol. The number of alkyl halides is 3. The van der Waals surface area contributed by atoms with E-state index in [0.29, 0.717) is 0 Å². The molecule has 7 heteroatoms. The number of carbonyl (C=O) groups is 2. The highest BCUT2D eigenvalue weighted by molar-refractivity contribution is 5.82. The minimum atomic E-state index is -4.76. The Kier molecular flexibility index (Phi) is 3.68. The Morgan fingerprint density at radius 3 is 2.33 bits per heavy atom. The van der Waals surface area contributed by atoms with Crippen molar-refractivity contribution in [3.8, 4) is 0 Å². The molecule has 0 aromatic carbocycles. The molecule has 1 atom stereocenters. The molecule has 0 fully saturated rings. The van der Waals surface area contributed by atoms with Gasteiger partial charge in [-0.1, -0.05) is 0 Å². The third-order valence-corrected chi connectivity index (χ3v) is 1.02. The molecule has 0 saturated carbocycles. The first-order valence-electron chi connectivity index (χ1n) is 2.81. The summed E-state index contributed by atoms with van der Waals surface area (Å²) in [6.07, 6.45) is -4.76. The molecule has 12 heavy (non-hydrogen) atoms. The number of hydrogen-bond acceptors (Lipinski definition) is 4. The molecule has 0 amide bonds. The van der Waals surface area contributed by atoms with Crippen molar-refractivity contribution >= 4 is 12.4 Å². The topological polar surface area (TPSA) is 55.4 Å². The van der Waals surface area contributed by atoms with Crippen LogP contribution in [0.4, 0.5) is 13.2 Å². The van der Waals surface area contributed by atoms with E-state index >= 15 is 0 Å². The Labute approximate surface area is 65.7 Å². The maximum atomic E-state index is 11.8. The van der Waals surface area contributed by atoms with Gasteiger partial charge in [-0.25, -0.2) is 4.79 Å². The van der Waals surface area contributed by atoms with Crippen LogP contribution in [0.15, 0.2) is 0 Å². The SMILES string of the molecule is CNC(C(=O)OC=O)C(F)(F)F. The molecule has 0 bridgehead atoms. The van der Waals surface area contributed by atoms with Gasteiger partial charge in [-0.2, -0.15) is 13.2 Å². The third kappa shape index (κ3) is 2.87. The Balaban J connectivity index is 4.34. The maximum Gasteiger partial charge on any atom is 0.414 e. The smallest absolute Gasteiger partial charge is 0.394 e. The number of likely N-dealkylation sites (N-methyl/N-ethyl adjacent to an activating group) is 1. The molecule has 1 N–H and O–H groups in total. The van der Waals surface area contributed by atoms with Gasteiger partial charge in [0.05, 0.1) is 0 Å². The van der Waals surface area contributed by atoms with E-state index in [4.69, 9.17) is 0 Å². The van der Waals surface area contributed by atoms with E-state index in [2.05, 4.69) is 4.74 Å². The van der Waals surface area contributed by atoms with Crippen LogP contribution in [-0.2, 0) is 14.3 Å². The molecule has 0 saturated heterocycles. The van der Waals surface area contributed by atoms with Crippen LogP contribution in [0.5, 0.6) is 0 Å². The fourth-order valence-corrected chi connectivity index (χ4v) is 0.531. The fourth-order valence-electron chi connectivity index (χ4n) is 0.531. The lowest BCUT2D eigenvalue weighted by atomic mass is 10.3. The highest BCUT2D eigenvalue weighted by Gasteiger charge is 2.45. The molecule has 70 valence electrons. The minimum absolute atomic E-state index is 0.349. The molecule has 0 spiro atoms. The molecule has 0 aliphatic carbocycles. The molecule has 0 rings (SSSR count). The zero-order valence-electron chi connectivity index (χ0n) is 6.01. The molecule has 0 aromatic heterocycles. The third-order valence-electron chi connectivity index (χ3n) is 1.02. The predicted octanol–water partition coefficient (Wildman–Crippen LogP) is -0.164. The summed E-state index contributed by atoms with van der Waals surface area (Å²) in [7, 11) is 0.935. The summed E-state index contributed by atoms with van der Waals surface area (Å²) in [4.78, 5) is 19.9. The second-order valence-corrected chi connectivity index (χ2v) is 1.80. The Bertz CT molecular complexity index is 179. The summed E-state index contributed by atoms with van der Waals surface area (Å²) in [5.74, 6) is -1.67. The van der Waals surface area contributed by atoms with Crippen LogP contribution in [0.2, 0.25) is 0 Å². The summed E-state index contributed by atoms with van der Waals surface area (Å²) in [6.45, 7) is -0.349. The van der Waals surface area contributed by atoms with Gasteiger partial charge in [0.25, 0.3) is 0 Å². The first-order valence-corrected chi connectivity index (χ1v) is 2.81. The summed E-state index contributed by atoms with van der Waals surface area (Å²) in [5.41, 5.74) is 0. The molecule has 1 unspecified atom stereocenters. The Morgan fingerprint density at radius 2 is 2.08 bits per heavy atom. The molecule has 0 radical (unpaired) electrons. The normalized spacial score (nSPS) is 13.7. The summed E-state index contributed by atoms with van der Waals surface area (Å²) in [6, 6.07) is -2.46. The number of esters is 1. The fraction of sp³-hybridized carbons (Fsp3) is 0.600. The van der Waals surface area contributed by atoms with Crippen LogP contribution >= 0.6 is 0 Å². The molecule has 0 aliphatic rings. The van der Waals surface area contributed by atoms with Gasteiger partial charge in [0.1, 0.15) is 0 Å². The molecule has 4 nitrogen and oxygen atoms in total. The van der Waals surface area contributed by atoms with Gasteiger partial charge >= 0.3 is 18.6 Å². The van der Waals surface area contributed by atoms with Crippen molar-refractivity contribution in [2.75, 3.05) is 7.05 Å². The Morgan fingerprint density at radius 1 is 1.58 bits per heavy atom. The van der Waals surface area contributed by atoms with E-state index in [9.17, 15) is 22.8 Å². The van der Waals surface area contributed by atoms with E-state index in [0.717, 1.165) is 7.05 Å². The molecule has 0 aromatic rings. The van der Waals surface area contributed by atoms with Gasteiger partial charge in [-0.15, -0.1) is 0 Å². The monoisotopic (exact) mass is 185 g/mol. The molecular formula is C5H6F3NO3. The van der Waals surface area contributed by atoms with Crippen LogP contribution in [0.3, 0.4) is 0 Å². The van der Waals surface area contributed by atoms with Gasteiger partial charge < -0.3 is 4.74 Å². The van der Waals surface area contributed by atoms with Crippen molar-refractivity contribution < 1.29 is 27.5 Å². The van der Waals surface area contributed by atoms with E-state index < -0.39 is 18.2 Å². The molecule has 0 heterocycles. The number of nitrogens with one attached hydrogen (secondary N) is 1. The second kappa shape index (κ2) is 4.05. The quantitative estimate of drug-likeness (QED) is 0.377. The number of rotatable bonds is 3. The van der Waals surface area contributed by atoms with Crippen LogP contribution in [0.1, 0.15) is 0 Å².